The average molecular weight is 484 g/mol. The standard InChI is InChI=1S/C26H34N3O4P/c1-8-28(9-2)21-11-10-12-23(17-21)33-34(26(5,6)7,25-16-14-20(4)32-25)27-24-18-22(29(30)31)15-13-19(24)3/h10-18H,8-9H2,1-7H3. The summed E-state index contributed by atoms with van der Waals surface area (Å²) in [4.78, 5) is 13.3. The molecule has 0 saturated carbocycles. The van der Waals surface area contributed by atoms with Crippen molar-refractivity contribution in [3.8, 4) is 5.75 Å². The highest BCUT2D eigenvalue weighted by Crippen LogP contribution is 2.62. The molecule has 8 heteroatoms. The first-order valence-electron chi connectivity index (χ1n) is 11.5. The lowest BCUT2D eigenvalue weighted by Gasteiger charge is -2.35. The Bertz CT molecular complexity index is 1220. The Balaban J connectivity index is 2.30. The van der Waals surface area contributed by atoms with Gasteiger partial charge in [-0.15, -0.1) is 0 Å². The largest absolute Gasteiger partial charge is 0.457 e. The molecule has 1 unspecified atom stereocenters. The SMILES string of the molecule is CCN(CC)c1cccc(OP(=Nc2cc([N+](=O)[O-])ccc2C)(c2ccc(C)o2)C(C)(C)C)c1. The molecule has 0 amide bonds. The number of nitro groups is 1. The van der Waals surface area contributed by atoms with Crippen LogP contribution in [0.5, 0.6) is 5.75 Å². The first kappa shape index (κ1) is 25.6. The number of aryl methyl sites for hydroxylation is 2. The van der Waals surface area contributed by atoms with E-state index in [0.717, 1.165) is 30.1 Å². The summed E-state index contributed by atoms with van der Waals surface area (Å²) < 4.78 is 18.2. The highest BCUT2D eigenvalue weighted by molar-refractivity contribution is 7.70. The molecule has 34 heavy (non-hydrogen) atoms. The Morgan fingerprint density at radius 1 is 1.06 bits per heavy atom. The number of hydrogen-bond acceptors (Lipinski definition) is 6. The predicted octanol–water partition coefficient (Wildman–Crippen LogP) is 7.60. The molecule has 0 N–H and O–H groups in total. The minimum atomic E-state index is -2.88. The van der Waals surface area contributed by atoms with E-state index in [-0.39, 0.29) is 5.69 Å². The molecule has 1 aromatic heterocycles. The molecule has 7 nitrogen and oxygen atoms in total. The zero-order valence-corrected chi connectivity index (χ0v) is 21.9. The van der Waals surface area contributed by atoms with Crippen LogP contribution in [-0.2, 0) is 0 Å². The normalized spacial score (nSPS) is 13.3. The van der Waals surface area contributed by atoms with Crippen molar-refractivity contribution in [3.63, 3.8) is 0 Å². The zero-order chi connectivity index (χ0) is 25.1. The van der Waals surface area contributed by atoms with Crippen LogP contribution in [0, 0.1) is 24.0 Å². The Hall–Kier alpha value is -3.05. The summed E-state index contributed by atoms with van der Waals surface area (Å²) in [6.07, 6.45) is 0. The van der Waals surface area contributed by atoms with Gasteiger partial charge in [-0.3, -0.25) is 10.1 Å². The maximum Gasteiger partial charge on any atom is 0.271 e. The first-order chi connectivity index (χ1) is 16.0. The summed E-state index contributed by atoms with van der Waals surface area (Å²) in [5.74, 6) is 1.45. The number of benzene rings is 2. The van der Waals surface area contributed by atoms with Gasteiger partial charge in [0.2, 0.25) is 7.28 Å². The second-order valence-corrected chi connectivity index (χ2v) is 12.5. The van der Waals surface area contributed by atoms with E-state index in [0.29, 0.717) is 16.9 Å². The molecule has 0 aliphatic heterocycles. The summed E-state index contributed by atoms with van der Waals surface area (Å²) in [5, 5.41) is 11.0. The third kappa shape index (κ3) is 5.20. The first-order valence-corrected chi connectivity index (χ1v) is 13.2. The van der Waals surface area contributed by atoms with Crippen LogP contribution < -0.4 is 14.9 Å². The number of hydrogen-bond donors (Lipinski definition) is 0. The Morgan fingerprint density at radius 2 is 1.76 bits per heavy atom. The van der Waals surface area contributed by atoms with Crippen molar-refractivity contribution in [2.24, 2.45) is 4.74 Å². The smallest absolute Gasteiger partial charge is 0.271 e. The molecule has 3 rings (SSSR count). The van der Waals surface area contributed by atoms with Crippen molar-refractivity contribution in [1.29, 1.82) is 0 Å². The van der Waals surface area contributed by atoms with E-state index < -0.39 is 17.4 Å². The van der Waals surface area contributed by atoms with Gasteiger partial charge in [0.05, 0.1) is 10.6 Å². The lowest BCUT2D eigenvalue weighted by Crippen LogP contribution is -2.26. The van der Waals surface area contributed by atoms with Crippen molar-refractivity contribution in [3.05, 3.63) is 76.0 Å². The van der Waals surface area contributed by atoms with Crippen molar-refractivity contribution in [1.82, 2.24) is 0 Å². The fourth-order valence-corrected chi connectivity index (χ4v) is 6.71. The second-order valence-electron chi connectivity index (χ2n) is 9.22. The van der Waals surface area contributed by atoms with Crippen LogP contribution in [0.1, 0.15) is 45.9 Å². The number of non-ortho nitro benzene ring substituents is 1. The van der Waals surface area contributed by atoms with Gasteiger partial charge in [-0.2, -0.15) is 0 Å². The summed E-state index contributed by atoms with van der Waals surface area (Å²) in [5.41, 5.74) is 3.08. The van der Waals surface area contributed by atoms with E-state index in [9.17, 15) is 10.1 Å². The highest BCUT2D eigenvalue weighted by Gasteiger charge is 2.42. The molecule has 0 radical (unpaired) electrons. The maximum absolute atomic E-state index is 11.5. The molecule has 0 saturated heterocycles. The molecule has 0 bridgehead atoms. The van der Waals surface area contributed by atoms with Crippen molar-refractivity contribution in [2.75, 3.05) is 18.0 Å². The van der Waals surface area contributed by atoms with Crippen LogP contribution in [0.25, 0.3) is 0 Å². The van der Waals surface area contributed by atoms with Gasteiger partial charge in [0.1, 0.15) is 11.5 Å². The van der Waals surface area contributed by atoms with Crippen LogP contribution >= 0.6 is 7.28 Å². The zero-order valence-electron chi connectivity index (χ0n) is 21.0. The average Bonchev–Trinajstić information content (AvgIpc) is 3.21. The molecular formula is C26H34N3O4P. The third-order valence-electron chi connectivity index (χ3n) is 5.77. The number of rotatable bonds is 8. The summed E-state index contributed by atoms with van der Waals surface area (Å²) in [7, 11) is -2.88. The number of anilines is 1. The minimum absolute atomic E-state index is 0.00415. The van der Waals surface area contributed by atoms with E-state index in [1.807, 2.05) is 44.2 Å². The van der Waals surface area contributed by atoms with Gasteiger partial charge < -0.3 is 13.8 Å². The maximum atomic E-state index is 11.5. The molecule has 2 aromatic carbocycles. The lowest BCUT2D eigenvalue weighted by molar-refractivity contribution is -0.384. The van der Waals surface area contributed by atoms with Gasteiger partial charge >= 0.3 is 0 Å². The van der Waals surface area contributed by atoms with Gasteiger partial charge in [0.15, 0.2) is 5.50 Å². The van der Waals surface area contributed by atoms with E-state index in [1.165, 1.54) is 12.1 Å². The predicted molar refractivity (Wildman–Crippen MR) is 140 cm³/mol. The molecule has 0 spiro atoms. The van der Waals surface area contributed by atoms with Crippen molar-refractivity contribution < 1.29 is 13.9 Å². The van der Waals surface area contributed by atoms with E-state index in [2.05, 4.69) is 45.6 Å². The van der Waals surface area contributed by atoms with Crippen LogP contribution in [0.3, 0.4) is 0 Å². The van der Waals surface area contributed by atoms with E-state index in [1.54, 1.807) is 6.07 Å². The van der Waals surface area contributed by atoms with Gasteiger partial charge in [-0.1, -0.05) is 32.9 Å². The Kier molecular flexibility index (Phi) is 7.57. The third-order valence-corrected chi connectivity index (χ3v) is 9.40. The van der Waals surface area contributed by atoms with Crippen molar-refractivity contribution >= 4 is 29.8 Å². The second kappa shape index (κ2) is 10.1. The van der Waals surface area contributed by atoms with E-state index in [4.69, 9.17) is 13.7 Å². The summed E-state index contributed by atoms with van der Waals surface area (Å²) in [6.45, 7) is 16.0. The topological polar surface area (TPSA) is 81.1 Å². The summed E-state index contributed by atoms with van der Waals surface area (Å²) in [6, 6.07) is 16.6. The van der Waals surface area contributed by atoms with Gasteiger partial charge in [0, 0.05) is 42.1 Å². The van der Waals surface area contributed by atoms with Gasteiger partial charge in [-0.05, 0) is 57.5 Å². The molecule has 0 aliphatic carbocycles. The van der Waals surface area contributed by atoms with Crippen LogP contribution in [0.15, 0.2) is 63.8 Å². The van der Waals surface area contributed by atoms with Gasteiger partial charge in [-0.25, -0.2) is 4.74 Å². The van der Waals surface area contributed by atoms with Crippen LogP contribution in [0.2, 0.25) is 0 Å². The lowest BCUT2D eigenvalue weighted by atomic mass is 10.2. The number of nitrogens with zero attached hydrogens (tertiary/aromatic N) is 3. The molecule has 0 fully saturated rings. The molecule has 1 heterocycles. The molecule has 1 atom stereocenters. The Labute approximate surface area is 202 Å². The quantitative estimate of drug-likeness (QED) is 0.187. The monoisotopic (exact) mass is 483 g/mol. The van der Waals surface area contributed by atoms with E-state index >= 15 is 0 Å². The highest BCUT2D eigenvalue weighted by atomic mass is 31.2. The number of nitro benzene ring substituents is 1. The molecule has 3 aromatic rings. The number of furan rings is 1. The van der Waals surface area contributed by atoms with Crippen molar-refractivity contribution in [2.45, 2.75) is 53.6 Å². The van der Waals surface area contributed by atoms with Crippen LogP contribution in [0.4, 0.5) is 17.1 Å². The summed E-state index contributed by atoms with van der Waals surface area (Å²) >= 11 is 0. The fraction of sp³-hybridized carbons (Fsp3) is 0.385. The molecular weight excluding hydrogens is 449 g/mol. The molecule has 0 aliphatic rings. The fourth-order valence-electron chi connectivity index (χ4n) is 3.77. The Morgan fingerprint density at radius 3 is 2.32 bits per heavy atom. The van der Waals surface area contributed by atoms with Crippen LogP contribution in [-0.4, -0.2) is 23.2 Å². The van der Waals surface area contributed by atoms with Gasteiger partial charge in [0.25, 0.3) is 5.69 Å². The minimum Gasteiger partial charge on any atom is -0.457 e. The molecule has 182 valence electrons.